The molecule has 1 fully saturated rings. The predicted octanol–water partition coefficient (Wildman–Crippen LogP) is 0.706. The summed E-state index contributed by atoms with van der Waals surface area (Å²) in [5.74, 6) is -2.41. The summed E-state index contributed by atoms with van der Waals surface area (Å²) in [6.45, 7) is 5.02. The van der Waals surface area contributed by atoms with E-state index >= 15 is 0 Å². The monoisotopic (exact) mass is 228 g/mol. The van der Waals surface area contributed by atoms with E-state index in [9.17, 15) is 14.4 Å². The molecule has 0 aromatic heterocycles. The smallest absolute Gasteiger partial charge is 0.317 e. The number of hydrogen-bond acceptors (Lipinski definition) is 5. The number of cyclic esters (lactones) is 1. The van der Waals surface area contributed by atoms with Gasteiger partial charge >= 0.3 is 11.9 Å². The highest BCUT2D eigenvalue weighted by atomic mass is 16.6. The van der Waals surface area contributed by atoms with Crippen LogP contribution >= 0.6 is 0 Å². The molecule has 0 aliphatic carbocycles. The van der Waals surface area contributed by atoms with Gasteiger partial charge in [0.2, 0.25) is 0 Å². The first-order valence-corrected chi connectivity index (χ1v) is 5.34. The van der Waals surface area contributed by atoms with Crippen LogP contribution in [-0.4, -0.2) is 30.4 Å². The molecule has 0 aromatic carbocycles. The van der Waals surface area contributed by atoms with Crippen molar-refractivity contribution in [3.8, 4) is 0 Å². The van der Waals surface area contributed by atoms with E-state index in [0.29, 0.717) is 6.61 Å². The Hall–Kier alpha value is -1.39. The van der Waals surface area contributed by atoms with Crippen molar-refractivity contribution in [2.45, 2.75) is 33.3 Å². The minimum atomic E-state index is -0.820. The third-order valence-electron chi connectivity index (χ3n) is 2.73. The summed E-state index contributed by atoms with van der Waals surface area (Å²) in [6.07, 6.45) is -0.365. The Morgan fingerprint density at radius 3 is 2.56 bits per heavy atom. The van der Waals surface area contributed by atoms with Crippen LogP contribution < -0.4 is 0 Å². The Balaban J connectivity index is 2.72. The second-order valence-electron chi connectivity index (χ2n) is 3.90. The molecule has 1 saturated heterocycles. The number of rotatable bonds is 4. The second kappa shape index (κ2) is 5.09. The first-order valence-electron chi connectivity index (χ1n) is 5.34. The number of esters is 2. The van der Waals surface area contributed by atoms with Crippen molar-refractivity contribution in [3.05, 3.63) is 0 Å². The Labute approximate surface area is 94.1 Å². The maximum atomic E-state index is 11.4. The first-order chi connectivity index (χ1) is 7.47. The molecule has 0 bridgehead atoms. The maximum absolute atomic E-state index is 11.4. The molecular formula is C11H16O5. The second-order valence-corrected chi connectivity index (χ2v) is 3.90. The van der Waals surface area contributed by atoms with Crippen LogP contribution in [0.2, 0.25) is 0 Å². The number of ketones is 1. The van der Waals surface area contributed by atoms with Crippen LogP contribution in [0.3, 0.4) is 0 Å². The molecule has 90 valence electrons. The lowest BCUT2D eigenvalue weighted by atomic mass is 9.86. The summed E-state index contributed by atoms with van der Waals surface area (Å²) in [7, 11) is 0. The molecule has 1 aliphatic heterocycles. The summed E-state index contributed by atoms with van der Waals surface area (Å²) >= 11 is 0. The summed E-state index contributed by atoms with van der Waals surface area (Å²) < 4.78 is 9.76. The van der Waals surface area contributed by atoms with Crippen LogP contribution in [0.1, 0.15) is 27.2 Å². The summed E-state index contributed by atoms with van der Waals surface area (Å²) in [6, 6.07) is 0. The SMILES string of the molecule is CCOC(=O)C[C@H]1[C@H](C(C)=O)C(=O)O[C@@H]1C. The van der Waals surface area contributed by atoms with Crippen LogP contribution in [0.25, 0.3) is 0 Å². The van der Waals surface area contributed by atoms with Gasteiger partial charge in [-0.15, -0.1) is 0 Å². The minimum Gasteiger partial charge on any atom is -0.466 e. The number of ether oxygens (including phenoxy) is 2. The number of hydrogen-bond donors (Lipinski definition) is 0. The molecule has 16 heavy (non-hydrogen) atoms. The standard InChI is InChI=1S/C11H16O5/c1-4-15-9(13)5-8-7(3)16-11(14)10(8)6(2)12/h7-8,10H,4-5H2,1-3H3/t7-,8-,10+/m1/s1. The van der Waals surface area contributed by atoms with Crippen LogP contribution in [0.15, 0.2) is 0 Å². The Bertz CT molecular complexity index is 309. The molecule has 0 amide bonds. The Kier molecular flexibility index (Phi) is 4.04. The summed E-state index contributed by atoms with van der Waals surface area (Å²) in [5.41, 5.74) is 0. The van der Waals surface area contributed by atoms with Crippen molar-refractivity contribution >= 4 is 17.7 Å². The van der Waals surface area contributed by atoms with Gasteiger partial charge < -0.3 is 9.47 Å². The predicted molar refractivity (Wildman–Crippen MR) is 54.5 cm³/mol. The van der Waals surface area contributed by atoms with Crippen LogP contribution in [0.5, 0.6) is 0 Å². The van der Waals surface area contributed by atoms with Crippen molar-refractivity contribution in [2.75, 3.05) is 6.61 Å². The molecule has 5 nitrogen and oxygen atoms in total. The fraction of sp³-hybridized carbons (Fsp3) is 0.727. The molecule has 0 spiro atoms. The fourth-order valence-electron chi connectivity index (χ4n) is 1.95. The van der Waals surface area contributed by atoms with Crippen molar-refractivity contribution < 1.29 is 23.9 Å². The van der Waals surface area contributed by atoms with Crippen molar-refractivity contribution in [2.24, 2.45) is 11.8 Å². The van der Waals surface area contributed by atoms with E-state index in [-0.39, 0.29) is 12.2 Å². The highest BCUT2D eigenvalue weighted by Crippen LogP contribution is 2.31. The normalized spacial score (nSPS) is 28.7. The lowest BCUT2D eigenvalue weighted by molar-refractivity contribution is -0.146. The lowest BCUT2D eigenvalue weighted by Crippen LogP contribution is -2.28. The average molecular weight is 228 g/mol. The zero-order chi connectivity index (χ0) is 12.3. The highest BCUT2D eigenvalue weighted by Gasteiger charge is 2.46. The number of carbonyl (C=O) groups excluding carboxylic acids is 3. The average Bonchev–Trinajstić information content (AvgIpc) is 2.41. The highest BCUT2D eigenvalue weighted by molar-refractivity contribution is 5.99. The lowest BCUT2D eigenvalue weighted by Gasteiger charge is -2.15. The van der Waals surface area contributed by atoms with Crippen LogP contribution in [0, 0.1) is 11.8 Å². The summed E-state index contributed by atoms with van der Waals surface area (Å²) in [4.78, 5) is 34.0. The zero-order valence-corrected chi connectivity index (χ0v) is 9.69. The van der Waals surface area contributed by atoms with E-state index in [1.165, 1.54) is 6.92 Å². The molecule has 1 aliphatic rings. The van der Waals surface area contributed by atoms with Gasteiger partial charge in [-0.1, -0.05) is 0 Å². The van der Waals surface area contributed by atoms with Gasteiger partial charge in [0.05, 0.1) is 13.0 Å². The molecule has 1 heterocycles. The molecule has 0 N–H and O–H groups in total. The topological polar surface area (TPSA) is 69.7 Å². The molecular weight excluding hydrogens is 212 g/mol. The molecule has 1 rings (SSSR count). The van der Waals surface area contributed by atoms with Crippen molar-refractivity contribution in [1.82, 2.24) is 0 Å². The van der Waals surface area contributed by atoms with Gasteiger partial charge in [0.15, 0.2) is 0 Å². The van der Waals surface area contributed by atoms with Gasteiger partial charge in [-0.25, -0.2) is 0 Å². The van der Waals surface area contributed by atoms with E-state index in [4.69, 9.17) is 9.47 Å². The molecule has 3 atom stereocenters. The molecule has 0 saturated carbocycles. The maximum Gasteiger partial charge on any atom is 0.317 e. The fourth-order valence-corrected chi connectivity index (χ4v) is 1.95. The van der Waals surface area contributed by atoms with Crippen LogP contribution in [0.4, 0.5) is 0 Å². The van der Waals surface area contributed by atoms with Crippen molar-refractivity contribution in [3.63, 3.8) is 0 Å². The third kappa shape index (κ3) is 2.59. The molecule has 5 heteroatoms. The first kappa shape index (κ1) is 12.7. The zero-order valence-electron chi connectivity index (χ0n) is 9.69. The minimum absolute atomic E-state index is 0.0466. The van der Waals surface area contributed by atoms with Crippen LogP contribution in [-0.2, 0) is 23.9 Å². The van der Waals surface area contributed by atoms with Gasteiger partial charge in [-0.2, -0.15) is 0 Å². The number of Topliss-reactive ketones (excluding diaryl/α,β-unsaturated/α-hetero) is 1. The quantitative estimate of drug-likeness (QED) is 0.523. The van der Waals surface area contributed by atoms with Gasteiger partial charge in [0.25, 0.3) is 0 Å². The van der Waals surface area contributed by atoms with E-state index in [1.807, 2.05) is 0 Å². The molecule has 0 unspecified atom stereocenters. The molecule has 0 aromatic rings. The summed E-state index contributed by atoms with van der Waals surface area (Å²) in [5, 5.41) is 0. The number of carbonyl (C=O) groups is 3. The Morgan fingerprint density at radius 1 is 1.44 bits per heavy atom. The van der Waals surface area contributed by atoms with Crippen molar-refractivity contribution in [1.29, 1.82) is 0 Å². The van der Waals surface area contributed by atoms with Gasteiger partial charge in [-0.05, 0) is 20.8 Å². The largest absolute Gasteiger partial charge is 0.466 e. The van der Waals surface area contributed by atoms with Gasteiger partial charge in [0, 0.05) is 5.92 Å². The van der Waals surface area contributed by atoms with Gasteiger partial charge in [0.1, 0.15) is 17.8 Å². The third-order valence-corrected chi connectivity index (χ3v) is 2.73. The van der Waals surface area contributed by atoms with Gasteiger partial charge in [-0.3, -0.25) is 14.4 Å². The molecule has 0 radical (unpaired) electrons. The Morgan fingerprint density at radius 2 is 2.06 bits per heavy atom. The van der Waals surface area contributed by atoms with E-state index < -0.39 is 29.9 Å². The van der Waals surface area contributed by atoms with E-state index in [1.54, 1.807) is 13.8 Å². The van der Waals surface area contributed by atoms with E-state index in [0.717, 1.165) is 0 Å². The van der Waals surface area contributed by atoms with E-state index in [2.05, 4.69) is 0 Å².